The van der Waals surface area contributed by atoms with Crippen molar-refractivity contribution in [1.29, 1.82) is 0 Å². The molecule has 1 rings (SSSR count). The first kappa shape index (κ1) is 22.2. The van der Waals surface area contributed by atoms with Crippen LogP contribution in [0.4, 0.5) is 0 Å². The Morgan fingerprint density at radius 3 is 2.46 bits per heavy atom. The molecule has 0 aromatic heterocycles. The van der Waals surface area contributed by atoms with E-state index in [9.17, 15) is 9.59 Å². The highest BCUT2D eigenvalue weighted by Gasteiger charge is 2.17. The maximum absolute atomic E-state index is 11.7. The van der Waals surface area contributed by atoms with Crippen LogP contribution in [0.5, 0.6) is 5.75 Å². The van der Waals surface area contributed by atoms with Crippen LogP contribution >= 0.6 is 12.4 Å². The highest BCUT2D eigenvalue weighted by atomic mass is 35.5. The van der Waals surface area contributed by atoms with E-state index in [2.05, 4.69) is 10.6 Å². The predicted octanol–water partition coefficient (Wildman–Crippen LogP) is 1.40. The fraction of sp³-hybridized carbons (Fsp3) is 0.529. The molecular formula is C17H28ClN3O3. The van der Waals surface area contributed by atoms with Gasteiger partial charge in [-0.05, 0) is 37.5 Å². The second-order valence-corrected chi connectivity index (χ2v) is 6.04. The number of carbonyl (C=O) groups excluding carboxylic acids is 2. The number of hydrogen-bond donors (Lipinski definition) is 3. The van der Waals surface area contributed by atoms with Crippen LogP contribution < -0.4 is 21.1 Å². The summed E-state index contributed by atoms with van der Waals surface area (Å²) in [6.07, 6.45) is -0.172. The van der Waals surface area contributed by atoms with Gasteiger partial charge in [0.2, 0.25) is 11.8 Å². The van der Waals surface area contributed by atoms with Gasteiger partial charge in [-0.3, -0.25) is 9.59 Å². The minimum Gasteiger partial charge on any atom is -0.489 e. The lowest BCUT2D eigenvalue weighted by molar-refractivity contribution is -0.127. The Morgan fingerprint density at radius 2 is 1.88 bits per heavy atom. The number of nitrogens with two attached hydrogens (primary N) is 1. The summed E-state index contributed by atoms with van der Waals surface area (Å²) in [7, 11) is 0. The number of amides is 2. The molecule has 2 atom stereocenters. The zero-order valence-electron chi connectivity index (χ0n) is 14.7. The summed E-state index contributed by atoms with van der Waals surface area (Å²) in [6, 6.07) is 7.12. The van der Waals surface area contributed by atoms with Crippen molar-refractivity contribution in [3.63, 3.8) is 0 Å². The lowest BCUT2D eigenvalue weighted by Crippen LogP contribution is -2.47. The van der Waals surface area contributed by atoms with Crippen LogP contribution in [0.15, 0.2) is 24.3 Å². The van der Waals surface area contributed by atoms with E-state index in [1.165, 1.54) is 0 Å². The van der Waals surface area contributed by atoms with Gasteiger partial charge in [-0.25, -0.2) is 0 Å². The molecule has 0 saturated heterocycles. The molecular weight excluding hydrogens is 330 g/mol. The quantitative estimate of drug-likeness (QED) is 0.655. The third-order valence-corrected chi connectivity index (χ3v) is 3.36. The van der Waals surface area contributed by atoms with E-state index < -0.39 is 6.04 Å². The molecule has 0 saturated carbocycles. The van der Waals surface area contributed by atoms with Gasteiger partial charge in [0, 0.05) is 0 Å². The molecule has 6 nitrogen and oxygen atoms in total. The Balaban J connectivity index is 0.00000529. The van der Waals surface area contributed by atoms with E-state index in [0.29, 0.717) is 6.54 Å². The maximum atomic E-state index is 11.7. The van der Waals surface area contributed by atoms with Crippen LogP contribution in [0.25, 0.3) is 0 Å². The van der Waals surface area contributed by atoms with E-state index in [4.69, 9.17) is 10.5 Å². The van der Waals surface area contributed by atoms with Gasteiger partial charge in [0.1, 0.15) is 11.9 Å². The molecule has 24 heavy (non-hydrogen) atoms. The van der Waals surface area contributed by atoms with E-state index >= 15 is 0 Å². The summed E-state index contributed by atoms with van der Waals surface area (Å²) < 4.78 is 5.72. The summed E-state index contributed by atoms with van der Waals surface area (Å²) >= 11 is 0. The first-order valence-electron chi connectivity index (χ1n) is 7.83. The maximum Gasteiger partial charge on any atom is 0.239 e. The molecule has 0 aliphatic heterocycles. The van der Waals surface area contributed by atoms with Crippen molar-refractivity contribution in [2.24, 2.45) is 11.7 Å². The van der Waals surface area contributed by atoms with Gasteiger partial charge in [-0.2, -0.15) is 0 Å². The highest BCUT2D eigenvalue weighted by Crippen LogP contribution is 2.13. The molecule has 0 radical (unpaired) electrons. The number of ether oxygens (including phenoxy) is 1. The van der Waals surface area contributed by atoms with Crippen molar-refractivity contribution in [2.45, 2.75) is 39.8 Å². The minimum absolute atomic E-state index is 0. The Bertz CT molecular complexity index is 538. The largest absolute Gasteiger partial charge is 0.489 e. The third-order valence-electron chi connectivity index (χ3n) is 3.36. The van der Waals surface area contributed by atoms with E-state index in [1.54, 1.807) is 0 Å². The first-order valence-corrected chi connectivity index (χ1v) is 7.83. The average molecular weight is 358 g/mol. The van der Waals surface area contributed by atoms with Crippen LogP contribution in [0, 0.1) is 12.8 Å². The molecule has 4 N–H and O–H groups in total. The molecule has 7 heteroatoms. The van der Waals surface area contributed by atoms with Gasteiger partial charge in [0.05, 0.1) is 19.1 Å². The Morgan fingerprint density at radius 1 is 1.21 bits per heavy atom. The number of halogens is 1. The van der Waals surface area contributed by atoms with Gasteiger partial charge in [-0.1, -0.05) is 26.0 Å². The fourth-order valence-corrected chi connectivity index (χ4v) is 1.87. The Labute approximate surface area is 149 Å². The van der Waals surface area contributed by atoms with E-state index in [0.717, 1.165) is 11.3 Å². The lowest BCUT2D eigenvalue weighted by Gasteiger charge is -2.17. The molecule has 1 aromatic rings. The van der Waals surface area contributed by atoms with Crippen LogP contribution in [-0.4, -0.2) is 37.0 Å². The number of nitrogens with one attached hydrogen (secondary N) is 2. The van der Waals surface area contributed by atoms with Crippen LogP contribution in [0.3, 0.4) is 0 Å². The van der Waals surface area contributed by atoms with Gasteiger partial charge in [0.15, 0.2) is 0 Å². The topological polar surface area (TPSA) is 93.5 Å². The summed E-state index contributed by atoms with van der Waals surface area (Å²) in [6.45, 7) is 7.85. The smallest absolute Gasteiger partial charge is 0.239 e. The molecule has 0 heterocycles. The molecule has 2 amide bonds. The molecule has 136 valence electrons. The summed E-state index contributed by atoms with van der Waals surface area (Å²) in [5, 5.41) is 5.25. The van der Waals surface area contributed by atoms with Crippen molar-refractivity contribution in [3.8, 4) is 5.75 Å². The SMILES string of the molecule is Cc1cccc(OC(C)CNC(=O)CNC(=O)[C@@H](N)C(C)C)c1.Cl. The van der Waals surface area contributed by atoms with Crippen molar-refractivity contribution >= 4 is 24.2 Å². The number of aryl methyl sites for hydroxylation is 1. The second-order valence-electron chi connectivity index (χ2n) is 6.04. The fourth-order valence-electron chi connectivity index (χ4n) is 1.87. The lowest BCUT2D eigenvalue weighted by atomic mass is 10.1. The normalized spacial score (nSPS) is 12.8. The van der Waals surface area contributed by atoms with Crippen LogP contribution in [-0.2, 0) is 9.59 Å². The van der Waals surface area contributed by atoms with Gasteiger partial charge in [-0.15, -0.1) is 12.4 Å². The third kappa shape index (κ3) is 8.17. The first-order chi connectivity index (χ1) is 10.8. The van der Waals surface area contributed by atoms with Crippen molar-refractivity contribution in [2.75, 3.05) is 13.1 Å². The van der Waals surface area contributed by atoms with E-state index in [-0.39, 0.29) is 42.8 Å². The average Bonchev–Trinajstić information content (AvgIpc) is 2.49. The van der Waals surface area contributed by atoms with E-state index in [1.807, 2.05) is 52.0 Å². The highest BCUT2D eigenvalue weighted by molar-refractivity contribution is 5.87. The number of carbonyl (C=O) groups is 2. The van der Waals surface area contributed by atoms with Gasteiger partial charge >= 0.3 is 0 Å². The second kappa shape index (κ2) is 10.9. The van der Waals surface area contributed by atoms with Crippen molar-refractivity contribution in [1.82, 2.24) is 10.6 Å². The number of hydrogen-bond acceptors (Lipinski definition) is 4. The number of rotatable bonds is 8. The molecule has 0 bridgehead atoms. The Kier molecular flexibility index (Phi) is 10.1. The molecule has 0 spiro atoms. The minimum atomic E-state index is -0.605. The predicted molar refractivity (Wildman–Crippen MR) is 97.3 cm³/mol. The van der Waals surface area contributed by atoms with Crippen molar-refractivity contribution < 1.29 is 14.3 Å². The summed E-state index contributed by atoms with van der Waals surface area (Å²) in [5.74, 6) is 0.206. The molecule has 0 fully saturated rings. The standard InChI is InChI=1S/C17H27N3O3.ClH/c1-11(2)16(18)17(22)20-10-15(21)19-9-13(4)23-14-7-5-6-12(3)8-14;/h5-8,11,13,16H,9-10,18H2,1-4H3,(H,19,21)(H,20,22);1H/t13?,16-;/m0./s1. The summed E-state index contributed by atoms with van der Waals surface area (Å²) in [5.41, 5.74) is 6.82. The van der Waals surface area contributed by atoms with Crippen LogP contribution in [0.1, 0.15) is 26.3 Å². The van der Waals surface area contributed by atoms with Gasteiger partial charge in [0.25, 0.3) is 0 Å². The summed E-state index contributed by atoms with van der Waals surface area (Å²) in [4.78, 5) is 23.4. The zero-order chi connectivity index (χ0) is 17.4. The molecule has 0 aliphatic rings. The van der Waals surface area contributed by atoms with Gasteiger partial charge < -0.3 is 21.1 Å². The number of benzene rings is 1. The Hall–Kier alpha value is -1.79. The van der Waals surface area contributed by atoms with Crippen molar-refractivity contribution in [3.05, 3.63) is 29.8 Å². The van der Waals surface area contributed by atoms with Crippen LogP contribution in [0.2, 0.25) is 0 Å². The monoisotopic (exact) mass is 357 g/mol. The molecule has 1 aromatic carbocycles. The molecule has 0 aliphatic carbocycles. The zero-order valence-corrected chi connectivity index (χ0v) is 15.5. The molecule has 1 unspecified atom stereocenters.